The molecule has 0 saturated carbocycles. The number of esters is 1. The summed E-state index contributed by atoms with van der Waals surface area (Å²) in [6.07, 6.45) is 30.8. The van der Waals surface area contributed by atoms with Crippen LogP contribution in [-0.2, 0) is 9.53 Å². The summed E-state index contributed by atoms with van der Waals surface area (Å²) >= 11 is 0. The molecule has 0 aliphatic rings. The number of carbonyl (C=O) groups excluding carboxylic acids is 1. The molecular weight excluding hydrogens is 406 g/mol. The highest BCUT2D eigenvalue weighted by Crippen LogP contribution is 2.17. The number of allylic oxidation sites excluding steroid dienone is 1. The first kappa shape index (κ1) is 32.2. The topological polar surface area (TPSA) is 29.5 Å². The molecule has 3 nitrogen and oxygen atoms in total. The molecule has 3 heteroatoms. The molecule has 0 bridgehead atoms. The van der Waals surface area contributed by atoms with E-state index in [-0.39, 0.29) is 5.97 Å². The molecule has 0 spiro atoms. The fraction of sp³-hybridized carbons (Fsp3) is 0.900. The summed E-state index contributed by atoms with van der Waals surface area (Å²) in [4.78, 5) is 14.2. The van der Waals surface area contributed by atoms with Crippen molar-refractivity contribution in [2.45, 2.75) is 155 Å². The molecule has 0 rings (SSSR count). The molecule has 1 atom stereocenters. The lowest BCUT2D eigenvalue weighted by atomic mass is 9.99. The van der Waals surface area contributed by atoms with Crippen molar-refractivity contribution in [1.29, 1.82) is 0 Å². The first-order valence-electron chi connectivity index (χ1n) is 14.6. The third-order valence-corrected chi connectivity index (χ3v) is 6.77. The van der Waals surface area contributed by atoms with Gasteiger partial charge in [0.2, 0.25) is 0 Å². The lowest BCUT2D eigenvalue weighted by molar-refractivity contribution is -0.142. The van der Waals surface area contributed by atoms with Crippen LogP contribution >= 0.6 is 0 Å². The maximum Gasteiger partial charge on any atom is 0.306 e. The molecule has 0 aromatic heterocycles. The van der Waals surface area contributed by atoms with Crippen LogP contribution in [-0.4, -0.2) is 37.6 Å². The van der Waals surface area contributed by atoms with Gasteiger partial charge >= 0.3 is 5.97 Å². The summed E-state index contributed by atoms with van der Waals surface area (Å²) in [5.74, 6) is -0.0372. The molecule has 0 saturated heterocycles. The van der Waals surface area contributed by atoms with E-state index in [4.69, 9.17) is 4.74 Å². The van der Waals surface area contributed by atoms with E-state index >= 15 is 0 Å². The standard InChI is InChI=1S/C30H59NO2/c1-5-7-9-11-13-17-21-25-29(31(3)4)26-22-18-14-15-19-23-27-30(32)33-28-24-20-16-12-10-8-6-2/h20,24,29H,5-19,21-23,25-28H2,1-4H3. The zero-order chi connectivity index (χ0) is 24.4. The van der Waals surface area contributed by atoms with Crippen molar-refractivity contribution >= 4 is 5.97 Å². The molecule has 0 radical (unpaired) electrons. The minimum absolute atomic E-state index is 0.0372. The molecule has 0 amide bonds. The molecule has 0 aliphatic carbocycles. The summed E-state index contributed by atoms with van der Waals surface area (Å²) in [5.41, 5.74) is 0. The monoisotopic (exact) mass is 465 g/mol. The Kier molecular flexibility index (Phi) is 25.1. The lowest BCUT2D eigenvalue weighted by Crippen LogP contribution is -2.27. The van der Waals surface area contributed by atoms with E-state index in [0.29, 0.717) is 13.0 Å². The summed E-state index contributed by atoms with van der Waals surface area (Å²) in [6.45, 7) is 4.96. The van der Waals surface area contributed by atoms with E-state index in [9.17, 15) is 4.79 Å². The van der Waals surface area contributed by atoms with Crippen LogP contribution in [0.2, 0.25) is 0 Å². The van der Waals surface area contributed by atoms with Gasteiger partial charge in [-0.1, -0.05) is 122 Å². The van der Waals surface area contributed by atoms with Crippen molar-refractivity contribution in [1.82, 2.24) is 4.90 Å². The smallest absolute Gasteiger partial charge is 0.306 e. The number of hydrogen-bond donors (Lipinski definition) is 0. The maximum absolute atomic E-state index is 11.8. The Hall–Kier alpha value is -0.830. The van der Waals surface area contributed by atoms with Crippen molar-refractivity contribution in [2.24, 2.45) is 0 Å². The van der Waals surface area contributed by atoms with Gasteiger partial charge in [0.05, 0.1) is 0 Å². The molecule has 0 N–H and O–H groups in total. The normalized spacial score (nSPS) is 12.6. The van der Waals surface area contributed by atoms with E-state index in [1.165, 1.54) is 109 Å². The van der Waals surface area contributed by atoms with Crippen LogP contribution in [0.4, 0.5) is 0 Å². The third-order valence-electron chi connectivity index (χ3n) is 6.77. The minimum atomic E-state index is -0.0372. The molecule has 0 heterocycles. The molecular formula is C30H59NO2. The van der Waals surface area contributed by atoms with Crippen LogP contribution in [0.25, 0.3) is 0 Å². The van der Waals surface area contributed by atoms with Crippen molar-refractivity contribution in [2.75, 3.05) is 20.7 Å². The fourth-order valence-corrected chi connectivity index (χ4v) is 4.44. The van der Waals surface area contributed by atoms with Crippen LogP contribution in [0.1, 0.15) is 149 Å². The first-order chi connectivity index (χ1) is 16.1. The van der Waals surface area contributed by atoms with Gasteiger partial charge in [-0.2, -0.15) is 0 Å². The zero-order valence-corrected chi connectivity index (χ0v) is 23.1. The highest BCUT2D eigenvalue weighted by atomic mass is 16.5. The predicted molar refractivity (Wildman–Crippen MR) is 146 cm³/mol. The summed E-state index contributed by atoms with van der Waals surface area (Å²) in [7, 11) is 4.49. The van der Waals surface area contributed by atoms with Crippen LogP contribution in [0, 0.1) is 0 Å². The van der Waals surface area contributed by atoms with Gasteiger partial charge in [0.15, 0.2) is 0 Å². The first-order valence-corrected chi connectivity index (χ1v) is 14.6. The van der Waals surface area contributed by atoms with Gasteiger partial charge in [-0.05, 0) is 46.2 Å². The van der Waals surface area contributed by atoms with Crippen LogP contribution < -0.4 is 0 Å². The second-order valence-electron chi connectivity index (χ2n) is 10.2. The van der Waals surface area contributed by atoms with E-state index in [0.717, 1.165) is 25.3 Å². The number of ether oxygens (including phenoxy) is 1. The Labute approximate surface area is 208 Å². The Bertz CT molecular complexity index is 433. The van der Waals surface area contributed by atoms with Crippen LogP contribution in [0.3, 0.4) is 0 Å². The van der Waals surface area contributed by atoms with Crippen LogP contribution in [0.5, 0.6) is 0 Å². The van der Waals surface area contributed by atoms with Gasteiger partial charge in [-0.15, -0.1) is 0 Å². The summed E-state index contributed by atoms with van der Waals surface area (Å²) in [6, 6.07) is 0.751. The maximum atomic E-state index is 11.8. The Balaban J connectivity index is 3.53. The van der Waals surface area contributed by atoms with Gasteiger partial charge in [0, 0.05) is 12.5 Å². The Morgan fingerprint density at radius 3 is 1.70 bits per heavy atom. The van der Waals surface area contributed by atoms with Gasteiger partial charge in [-0.25, -0.2) is 0 Å². The molecule has 0 aromatic carbocycles. The fourth-order valence-electron chi connectivity index (χ4n) is 4.44. The Morgan fingerprint density at radius 1 is 0.667 bits per heavy atom. The number of carbonyl (C=O) groups is 1. The lowest BCUT2D eigenvalue weighted by Gasteiger charge is -2.24. The SMILES string of the molecule is CCCCCCC=CCOC(=O)CCCCCCCCC(CCCCCCCCC)N(C)C. The molecule has 196 valence electrons. The van der Waals surface area contributed by atoms with E-state index in [1.54, 1.807) is 0 Å². The van der Waals surface area contributed by atoms with Gasteiger partial charge in [-0.3, -0.25) is 4.79 Å². The van der Waals surface area contributed by atoms with E-state index in [2.05, 4.69) is 38.9 Å². The third kappa shape index (κ3) is 24.1. The average Bonchev–Trinajstić information content (AvgIpc) is 2.80. The minimum Gasteiger partial charge on any atom is -0.461 e. The largest absolute Gasteiger partial charge is 0.461 e. The molecule has 0 fully saturated rings. The van der Waals surface area contributed by atoms with E-state index < -0.39 is 0 Å². The quantitative estimate of drug-likeness (QED) is 0.0764. The average molecular weight is 466 g/mol. The highest BCUT2D eigenvalue weighted by molar-refractivity contribution is 5.69. The van der Waals surface area contributed by atoms with Crippen molar-refractivity contribution in [3.63, 3.8) is 0 Å². The number of nitrogens with zero attached hydrogens (tertiary/aromatic N) is 1. The number of hydrogen-bond acceptors (Lipinski definition) is 3. The van der Waals surface area contributed by atoms with Crippen molar-refractivity contribution in [3.8, 4) is 0 Å². The van der Waals surface area contributed by atoms with Gasteiger partial charge < -0.3 is 9.64 Å². The molecule has 33 heavy (non-hydrogen) atoms. The van der Waals surface area contributed by atoms with Gasteiger partial charge in [0.25, 0.3) is 0 Å². The summed E-state index contributed by atoms with van der Waals surface area (Å²) in [5, 5.41) is 0. The number of unbranched alkanes of at least 4 members (excludes halogenated alkanes) is 15. The van der Waals surface area contributed by atoms with Gasteiger partial charge in [0.1, 0.15) is 6.61 Å². The van der Waals surface area contributed by atoms with Crippen molar-refractivity contribution < 1.29 is 9.53 Å². The predicted octanol–water partition coefficient (Wildman–Crippen LogP) is 9.25. The zero-order valence-electron chi connectivity index (χ0n) is 23.1. The van der Waals surface area contributed by atoms with Crippen LogP contribution in [0.15, 0.2) is 12.2 Å². The summed E-state index contributed by atoms with van der Waals surface area (Å²) < 4.78 is 5.30. The molecule has 0 aliphatic heterocycles. The molecule has 0 aromatic rings. The second kappa shape index (κ2) is 25.8. The Morgan fingerprint density at radius 2 is 1.15 bits per heavy atom. The highest BCUT2D eigenvalue weighted by Gasteiger charge is 2.10. The van der Waals surface area contributed by atoms with Crippen molar-refractivity contribution in [3.05, 3.63) is 12.2 Å². The van der Waals surface area contributed by atoms with E-state index in [1.807, 2.05) is 6.08 Å². The second-order valence-corrected chi connectivity index (χ2v) is 10.2. The number of rotatable bonds is 25. The molecule has 1 unspecified atom stereocenters.